The number of nitrogens with one attached hydrogen (secondary N) is 1. The quantitative estimate of drug-likeness (QED) is 0.594. The molecule has 4 rings (SSSR count). The predicted octanol–water partition coefficient (Wildman–Crippen LogP) is 4.89. The standard InChI is InChI=1S/C28H36N2O3/c1-4-25(27(31)29-16-14-19(2)3)33-23-13-12-20-15-17-30(28(32)22-10-11-22)26(24(20)18-23)21-8-6-5-7-9-21/h5-9,12-13,18-19,22,25-26H,4,10-11,14-17H2,1-3H3,(H,29,31)/t25-,26-/m1/s1. The summed E-state index contributed by atoms with van der Waals surface area (Å²) < 4.78 is 6.17. The monoisotopic (exact) mass is 448 g/mol. The van der Waals surface area contributed by atoms with Crippen molar-refractivity contribution in [2.75, 3.05) is 13.1 Å². The smallest absolute Gasteiger partial charge is 0.261 e. The van der Waals surface area contributed by atoms with Crippen LogP contribution in [0.3, 0.4) is 0 Å². The Balaban J connectivity index is 1.58. The number of benzene rings is 2. The van der Waals surface area contributed by atoms with Gasteiger partial charge in [-0.15, -0.1) is 0 Å². The highest BCUT2D eigenvalue weighted by Gasteiger charge is 2.39. The summed E-state index contributed by atoms with van der Waals surface area (Å²) in [5, 5.41) is 3.01. The Morgan fingerprint density at radius 1 is 1.12 bits per heavy atom. The number of hydrogen-bond donors (Lipinski definition) is 1. The lowest BCUT2D eigenvalue weighted by Crippen LogP contribution is -2.41. The van der Waals surface area contributed by atoms with E-state index in [2.05, 4.69) is 42.3 Å². The summed E-state index contributed by atoms with van der Waals surface area (Å²) in [5.41, 5.74) is 3.46. The lowest BCUT2D eigenvalue weighted by Gasteiger charge is -2.38. The summed E-state index contributed by atoms with van der Waals surface area (Å²) in [5.74, 6) is 1.60. The number of fused-ring (bicyclic) bond motifs is 1. The second-order valence-corrected chi connectivity index (χ2v) is 9.72. The van der Waals surface area contributed by atoms with Gasteiger partial charge in [0.1, 0.15) is 5.75 Å². The van der Waals surface area contributed by atoms with E-state index in [1.54, 1.807) is 0 Å². The van der Waals surface area contributed by atoms with Crippen LogP contribution in [0.1, 0.15) is 69.2 Å². The van der Waals surface area contributed by atoms with Crippen molar-refractivity contribution in [3.63, 3.8) is 0 Å². The minimum atomic E-state index is -0.529. The Bertz CT molecular complexity index is 968. The zero-order chi connectivity index (χ0) is 23.4. The van der Waals surface area contributed by atoms with Crippen molar-refractivity contribution in [2.45, 2.75) is 65.0 Å². The van der Waals surface area contributed by atoms with Gasteiger partial charge in [-0.25, -0.2) is 0 Å². The zero-order valence-electron chi connectivity index (χ0n) is 20.0. The van der Waals surface area contributed by atoms with E-state index in [-0.39, 0.29) is 23.8 Å². The molecule has 1 fully saturated rings. The lowest BCUT2D eigenvalue weighted by atomic mass is 9.87. The normalized spacial score (nSPS) is 18.5. The van der Waals surface area contributed by atoms with E-state index in [1.807, 2.05) is 37.3 Å². The molecule has 1 saturated carbocycles. The molecule has 176 valence electrons. The number of nitrogens with zero attached hydrogens (tertiary/aromatic N) is 1. The SMILES string of the molecule is CC[C@@H](Oc1ccc2c(c1)[C@@H](c1ccccc1)N(C(=O)C1CC1)CC2)C(=O)NCCC(C)C. The molecule has 0 unspecified atom stereocenters. The van der Waals surface area contributed by atoms with Crippen molar-refractivity contribution in [1.29, 1.82) is 0 Å². The van der Waals surface area contributed by atoms with Crippen LogP contribution in [0.5, 0.6) is 5.75 Å². The van der Waals surface area contributed by atoms with E-state index in [9.17, 15) is 9.59 Å². The Hall–Kier alpha value is -2.82. The van der Waals surface area contributed by atoms with Crippen molar-refractivity contribution in [3.8, 4) is 5.75 Å². The third-order valence-electron chi connectivity index (χ3n) is 6.63. The lowest BCUT2D eigenvalue weighted by molar-refractivity contribution is -0.134. The number of amides is 2. The van der Waals surface area contributed by atoms with Crippen molar-refractivity contribution >= 4 is 11.8 Å². The molecule has 0 aromatic heterocycles. The molecule has 2 aliphatic rings. The van der Waals surface area contributed by atoms with E-state index in [1.165, 1.54) is 5.56 Å². The van der Waals surface area contributed by atoms with Crippen LogP contribution >= 0.6 is 0 Å². The number of rotatable bonds is 9. The van der Waals surface area contributed by atoms with Gasteiger partial charge in [-0.2, -0.15) is 0 Å². The van der Waals surface area contributed by atoms with Crippen molar-refractivity contribution in [1.82, 2.24) is 10.2 Å². The van der Waals surface area contributed by atoms with E-state index >= 15 is 0 Å². The topological polar surface area (TPSA) is 58.6 Å². The number of carbonyl (C=O) groups is 2. The average Bonchev–Trinajstić information content (AvgIpc) is 3.67. The molecule has 1 N–H and O–H groups in total. The van der Waals surface area contributed by atoms with Gasteiger partial charge in [0.2, 0.25) is 5.91 Å². The fraction of sp³-hybridized carbons (Fsp3) is 0.500. The van der Waals surface area contributed by atoms with Gasteiger partial charge in [-0.05, 0) is 66.8 Å². The molecule has 33 heavy (non-hydrogen) atoms. The molecule has 1 aliphatic heterocycles. The van der Waals surface area contributed by atoms with Gasteiger partial charge >= 0.3 is 0 Å². The first kappa shape index (κ1) is 23.3. The molecule has 1 aliphatic carbocycles. The van der Waals surface area contributed by atoms with Gasteiger partial charge in [0, 0.05) is 19.0 Å². The van der Waals surface area contributed by atoms with Crippen molar-refractivity contribution in [3.05, 3.63) is 65.2 Å². The van der Waals surface area contributed by atoms with Crippen LogP contribution in [0, 0.1) is 11.8 Å². The molecule has 2 aromatic rings. The number of ether oxygens (including phenoxy) is 1. The fourth-order valence-electron chi connectivity index (χ4n) is 4.55. The number of carbonyl (C=O) groups excluding carboxylic acids is 2. The van der Waals surface area contributed by atoms with Crippen LogP contribution in [0.15, 0.2) is 48.5 Å². The van der Waals surface area contributed by atoms with Gasteiger partial charge in [0.05, 0.1) is 6.04 Å². The van der Waals surface area contributed by atoms with Crippen LogP contribution in [-0.2, 0) is 16.0 Å². The Morgan fingerprint density at radius 2 is 1.88 bits per heavy atom. The van der Waals surface area contributed by atoms with Gasteiger partial charge in [-0.1, -0.05) is 57.2 Å². The average molecular weight is 449 g/mol. The molecule has 2 aromatic carbocycles. The van der Waals surface area contributed by atoms with Crippen LogP contribution in [0.25, 0.3) is 0 Å². The first-order chi connectivity index (χ1) is 16.0. The molecule has 2 atom stereocenters. The summed E-state index contributed by atoms with van der Waals surface area (Å²) in [4.78, 5) is 27.9. The van der Waals surface area contributed by atoms with E-state index in [0.717, 1.165) is 43.4 Å². The molecule has 0 spiro atoms. The Kier molecular flexibility index (Phi) is 7.36. The molecule has 5 nitrogen and oxygen atoms in total. The van der Waals surface area contributed by atoms with Gasteiger partial charge in [0.15, 0.2) is 6.10 Å². The van der Waals surface area contributed by atoms with Crippen LogP contribution in [0.2, 0.25) is 0 Å². The van der Waals surface area contributed by atoms with Crippen molar-refractivity contribution < 1.29 is 14.3 Å². The summed E-state index contributed by atoms with van der Waals surface area (Å²) in [6, 6.07) is 16.2. The predicted molar refractivity (Wildman–Crippen MR) is 130 cm³/mol. The van der Waals surface area contributed by atoms with Crippen LogP contribution in [0.4, 0.5) is 0 Å². The second kappa shape index (κ2) is 10.4. The van der Waals surface area contributed by atoms with Gasteiger partial charge < -0.3 is 15.0 Å². The summed E-state index contributed by atoms with van der Waals surface area (Å²) in [7, 11) is 0. The highest BCUT2D eigenvalue weighted by atomic mass is 16.5. The van der Waals surface area contributed by atoms with Crippen molar-refractivity contribution in [2.24, 2.45) is 11.8 Å². The minimum Gasteiger partial charge on any atom is -0.481 e. The summed E-state index contributed by atoms with van der Waals surface area (Å²) in [6.45, 7) is 7.65. The highest BCUT2D eigenvalue weighted by Crippen LogP contribution is 2.41. The molecule has 2 amide bonds. The first-order valence-electron chi connectivity index (χ1n) is 12.4. The van der Waals surface area contributed by atoms with E-state index in [4.69, 9.17) is 4.74 Å². The molecular formula is C28H36N2O3. The molecule has 0 bridgehead atoms. The third kappa shape index (κ3) is 5.58. The summed E-state index contributed by atoms with van der Waals surface area (Å²) >= 11 is 0. The van der Waals surface area contributed by atoms with E-state index in [0.29, 0.717) is 24.6 Å². The maximum Gasteiger partial charge on any atom is 0.261 e. The molecule has 5 heteroatoms. The van der Waals surface area contributed by atoms with Crippen LogP contribution in [-0.4, -0.2) is 35.9 Å². The number of hydrogen-bond acceptors (Lipinski definition) is 3. The molecule has 1 heterocycles. The Labute approximate surface area is 197 Å². The molecular weight excluding hydrogens is 412 g/mol. The summed E-state index contributed by atoms with van der Waals surface area (Å²) in [6.07, 6.45) is 3.85. The zero-order valence-corrected chi connectivity index (χ0v) is 20.0. The minimum absolute atomic E-state index is 0.0685. The third-order valence-corrected chi connectivity index (χ3v) is 6.63. The highest BCUT2D eigenvalue weighted by molar-refractivity contribution is 5.82. The first-order valence-corrected chi connectivity index (χ1v) is 12.4. The maximum absolute atomic E-state index is 13.1. The van der Waals surface area contributed by atoms with E-state index < -0.39 is 6.10 Å². The molecule has 0 radical (unpaired) electrons. The maximum atomic E-state index is 13.1. The Morgan fingerprint density at radius 3 is 2.55 bits per heavy atom. The van der Waals surface area contributed by atoms with Gasteiger partial charge in [-0.3, -0.25) is 9.59 Å². The second-order valence-electron chi connectivity index (χ2n) is 9.72. The largest absolute Gasteiger partial charge is 0.481 e. The van der Waals surface area contributed by atoms with Gasteiger partial charge in [0.25, 0.3) is 5.91 Å². The van der Waals surface area contributed by atoms with Crippen LogP contribution < -0.4 is 10.1 Å². The molecule has 0 saturated heterocycles. The fourth-order valence-corrected chi connectivity index (χ4v) is 4.55.